The van der Waals surface area contributed by atoms with E-state index in [0.717, 1.165) is 0 Å². The normalized spacial score (nSPS) is 9.69. The Balaban J connectivity index is 3.28. The summed E-state index contributed by atoms with van der Waals surface area (Å²) >= 11 is 3.13. The summed E-state index contributed by atoms with van der Waals surface area (Å²) in [7, 11) is 1.23. The highest BCUT2D eigenvalue weighted by molar-refractivity contribution is 9.10. The quantitative estimate of drug-likeness (QED) is 0.582. The largest absolute Gasteiger partial charge is 0.507 e. The number of halogens is 1. The minimum atomic E-state index is -0.650. The van der Waals surface area contributed by atoms with Gasteiger partial charge in [-0.2, -0.15) is 0 Å². The molecule has 0 amide bonds. The van der Waals surface area contributed by atoms with Crippen LogP contribution in [-0.4, -0.2) is 18.2 Å². The van der Waals surface area contributed by atoms with Crippen molar-refractivity contribution in [1.29, 1.82) is 0 Å². The first-order chi connectivity index (χ1) is 6.06. The number of aromatic hydroxyl groups is 1. The summed E-state index contributed by atoms with van der Waals surface area (Å²) in [5, 5.41) is 9.36. The van der Waals surface area contributed by atoms with Gasteiger partial charge >= 0.3 is 5.97 Å². The predicted octanol–water partition coefficient (Wildman–Crippen LogP) is 1.52. The van der Waals surface area contributed by atoms with Gasteiger partial charge in [0.25, 0.3) is 0 Å². The molecule has 5 heteroatoms. The number of rotatable bonds is 1. The van der Waals surface area contributed by atoms with Crippen molar-refractivity contribution in [3.63, 3.8) is 0 Å². The number of hydrogen-bond acceptors (Lipinski definition) is 4. The Kier molecular flexibility index (Phi) is 2.77. The zero-order valence-corrected chi connectivity index (χ0v) is 8.46. The molecule has 0 atom stereocenters. The van der Waals surface area contributed by atoms with E-state index < -0.39 is 5.97 Å². The van der Waals surface area contributed by atoms with Gasteiger partial charge in [-0.25, -0.2) is 4.79 Å². The second-order valence-electron chi connectivity index (χ2n) is 2.38. The zero-order chi connectivity index (χ0) is 10.0. The lowest BCUT2D eigenvalue weighted by molar-refractivity contribution is 0.0598. The molecule has 1 aromatic carbocycles. The molecule has 1 aromatic rings. The molecular formula is C8H8BrNO3. The summed E-state index contributed by atoms with van der Waals surface area (Å²) in [6.07, 6.45) is 0. The Morgan fingerprint density at radius 3 is 2.69 bits per heavy atom. The number of phenols is 1. The van der Waals surface area contributed by atoms with Crippen LogP contribution in [0.15, 0.2) is 16.6 Å². The van der Waals surface area contributed by atoms with Crippen LogP contribution in [0.25, 0.3) is 0 Å². The molecule has 13 heavy (non-hydrogen) atoms. The number of carbonyl (C=O) groups is 1. The summed E-state index contributed by atoms with van der Waals surface area (Å²) in [6, 6.07) is 2.90. The third kappa shape index (κ3) is 1.92. The molecule has 0 aliphatic carbocycles. The number of benzene rings is 1. The van der Waals surface area contributed by atoms with E-state index in [-0.39, 0.29) is 17.0 Å². The van der Waals surface area contributed by atoms with E-state index in [9.17, 15) is 9.90 Å². The molecule has 3 N–H and O–H groups in total. The highest BCUT2D eigenvalue weighted by Crippen LogP contribution is 2.28. The molecule has 1 rings (SSSR count). The highest BCUT2D eigenvalue weighted by atomic mass is 79.9. The summed E-state index contributed by atoms with van der Waals surface area (Å²) in [6.45, 7) is 0. The minimum absolute atomic E-state index is 0.00861. The van der Waals surface area contributed by atoms with Gasteiger partial charge in [0.05, 0.1) is 12.8 Å². The molecule has 0 saturated heterocycles. The van der Waals surface area contributed by atoms with Gasteiger partial charge in [-0.3, -0.25) is 0 Å². The fraction of sp³-hybridized carbons (Fsp3) is 0.125. The molecular weight excluding hydrogens is 238 g/mol. The lowest BCUT2D eigenvalue weighted by Gasteiger charge is -2.06. The molecule has 0 heterocycles. The van der Waals surface area contributed by atoms with Gasteiger partial charge in [0, 0.05) is 4.47 Å². The van der Waals surface area contributed by atoms with Crippen molar-refractivity contribution in [1.82, 2.24) is 0 Å². The lowest BCUT2D eigenvalue weighted by atomic mass is 10.1. The first kappa shape index (κ1) is 9.85. The van der Waals surface area contributed by atoms with Crippen molar-refractivity contribution < 1.29 is 14.6 Å². The molecule has 70 valence electrons. The van der Waals surface area contributed by atoms with Gasteiger partial charge in [0.2, 0.25) is 0 Å². The second kappa shape index (κ2) is 3.66. The molecule has 4 nitrogen and oxygen atoms in total. The van der Waals surface area contributed by atoms with E-state index in [0.29, 0.717) is 4.47 Å². The molecule has 0 radical (unpaired) electrons. The van der Waals surface area contributed by atoms with Crippen LogP contribution in [0.2, 0.25) is 0 Å². The Hall–Kier alpha value is -1.23. The van der Waals surface area contributed by atoms with Gasteiger partial charge in [0.1, 0.15) is 11.3 Å². The third-order valence-corrected chi connectivity index (χ3v) is 1.96. The molecule has 0 aromatic heterocycles. The molecule has 0 aliphatic heterocycles. The van der Waals surface area contributed by atoms with Gasteiger partial charge < -0.3 is 15.6 Å². The maximum absolute atomic E-state index is 11.1. The summed E-state index contributed by atoms with van der Waals surface area (Å²) in [5.41, 5.74) is 5.68. The van der Waals surface area contributed by atoms with E-state index in [1.54, 1.807) is 0 Å². The van der Waals surface area contributed by atoms with Crippen LogP contribution in [-0.2, 0) is 4.74 Å². The number of methoxy groups -OCH3 is 1. The van der Waals surface area contributed by atoms with E-state index in [1.807, 2.05) is 0 Å². The van der Waals surface area contributed by atoms with E-state index in [1.165, 1.54) is 19.2 Å². The topological polar surface area (TPSA) is 72.5 Å². The average Bonchev–Trinajstić information content (AvgIpc) is 2.02. The molecule has 0 fully saturated rings. The van der Waals surface area contributed by atoms with Gasteiger partial charge in [-0.15, -0.1) is 0 Å². The number of anilines is 1. The van der Waals surface area contributed by atoms with Crippen molar-refractivity contribution in [2.45, 2.75) is 0 Å². The van der Waals surface area contributed by atoms with Crippen LogP contribution in [0.5, 0.6) is 5.75 Å². The summed E-state index contributed by atoms with van der Waals surface area (Å²) < 4.78 is 5.05. The SMILES string of the molecule is COC(=O)c1c(N)cc(Br)cc1O. The van der Waals surface area contributed by atoms with Crippen LogP contribution < -0.4 is 5.73 Å². The van der Waals surface area contributed by atoms with E-state index in [4.69, 9.17) is 5.73 Å². The van der Waals surface area contributed by atoms with Crippen molar-refractivity contribution >= 4 is 27.6 Å². The van der Waals surface area contributed by atoms with Crippen molar-refractivity contribution in [3.05, 3.63) is 22.2 Å². The maximum Gasteiger partial charge on any atom is 0.343 e. The fourth-order valence-corrected chi connectivity index (χ4v) is 1.40. The fourth-order valence-electron chi connectivity index (χ4n) is 0.938. The third-order valence-electron chi connectivity index (χ3n) is 1.50. The predicted molar refractivity (Wildman–Crippen MR) is 51.6 cm³/mol. The average molecular weight is 246 g/mol. The van der Waals surface area contributed by atoms with Crippen LogP contribution >= 0.6 is 15.9 Å². The zero-order valence-electron chi connectivity index (χ0n) is 6.87. The number of esters is 1. The first-order valence-corrected chi connectivity index (χ1v) is 4.22. The first-order valence-electron chi connectivity index (χ1n) is 3.42. The molecule has 0 aliphatic rings. The van der Waals surface area contributed by atoms with Gasteiger partial charge in [-0.1, -0.05) is 15.9 Å². The highest BCUT2D eigenvalue weighted by Gasteiger charge is 2.15. The van der Waals surface area contributed by atoms with Gasteiger partial charge in [-0.05, 0) is 12.1 Å². The standard InChI is InChI=1S/C8H8BrNO3/c1-13-8(12)7-5(10)2-4(9)3-6(7)11/h2-3,11H,10H2,1H3. The van der Waals surface area contributed by atoms with E-state index in [2.05, 4.69) is 20.7 Å². The summed E-state index contributed by atoms with van der Waals surface area (Å²) in [4.78, 5) is 11.1. The molecule has 0 bridgehead atoms. The van der Waals surface area contributed by atoms with Crippen LogP contribution in [0.1, 0.15) is 10.4 Å². The number of nitrogen functional groups attached to an aromatic ring is 1. The Labute approximate surface area is 83.4 Å². The number of carbonyl (C=O) groups excluding carboxylic acids is 1. The molecule has 0 unspecified atom stereocenters. The van der Waals surface area contributed by atoms with Crippen LogP contribution in [0, 0.1) is 0 Å². The van der Waals surface area contributed by atoms with Crippen molar-refractivity contribution in [3.8, 4) is 5.75 Å². The smallest absolute Gasteiger partial charge is 0.343 e. The molecule has 0 spiro atoms. The van der Waals surface area contributed by atoms with Gasteiger partial charge in [0.15, 0.2) is 0 Å². The van der Waals surface area contributed by atoms with Crippen molar-refractivity contribution in [2.75, 3.05) is 12.8 Å². The lowest BCUT2D eigenvalue weighted by Crippen LogP contribution is -2.05. The number of ether oxygens (including phenoxy) is 1. The Morgan fingerprint density at radius 2 is 2.23 bits per heavy atom. The second-order valence-corrected chi connectivity index (χ2v) is 3.30. The monoisotopic (exact) mass is 245 g/mol. The number of phenolic OH excluding ortho intramolecular Hbond substituents is 1. The van der Waals surface area contributed by atoms with Crippen LogP contribution in [0.3, 0.4) is 0 Å². The van der Waals surface area contributed by atoms with Crippen molar-refractivity contribution in [2.24, 2.45) is 0 Å². The number of nitrogens with two attached hydrogens (primary N) is 1. The molecule has 0 saturated carbocycles. The van der Waals surface area contributed by atoms with Crippen LogP contribution in [0.4, 0.5) is 5.69 Å². The number of hydrogen-bond donors (Lipinski definition) is 2. The Bertz CT molecular complexity index is 328. The summed E-state index contributed by atoms with van der Waals surface area (Å²) in [5.74, 6) is -0.846. The maximum atomic E-state index is 11.1. The minimum Gasteiger partial charge on any atom is -0.507 e. The Morgan fingerprint density at radius 1 is 1.62 bits per heavy atom. The van der Waals surface area contributed by atoms with E-state index >= 15 is 0 Å².